The van der Waals surface area contributed by atoms with Crippen molar-refractivity contribution >= 4 is 33.2 Å². The fourth-order valence-electron chi connectivity index (χ4n) is 2.72. The van der Waals surface area contributed by atoms with E-state index in [0.29, 0.717) is 5.69 Å². The van der Waals surface area contributed by atoms with Crippen LogP contribution in [0.5, 0.6) is 0 Å². The lowest BCUT2D eigenvalue weighted by Gasteiger charge is -2.34. The van der Waals surface area contributed by atoms with Crippen molar-refractivity contribution in [3.05, 3.63) is 52.3 Å². The minimum absolute atomic E-state index is 0.187. The molecule has 1 saturated heterocycles. The molecule has 1 fully saturated rings. The zero-order valence-electron chi connectivity index (χ0n) is 13.9. The third-order valence-electron chi connectivity index (χ3n) is 4.26. The van der Waals surface area contributed by atoms with E-state index in [4.69, 9.17) is 0 Å². The Hall–Kier alpha value is -1.92. The van der Waals surface area contributed by atoms with Crippen molar-refractivity contribution in [3.8, 4) is 0 Å². The Bertz CT molecular complexity index is 742. The molecule has 0 saturated carbocycles. The molecule has 24 heavy (non-hydrogen) atoms. The van der Waals surface area contributed by atoms with E-state index in [-0.39, 0.29) is 5.91 Å². The molecule has 3 rings (SSSR count). The van der Waals surface area contributed by atoms with Gasteiger partial charge in [0, 0.05) is 48.2 Å². The zero-order valence-corrected chi connectivity index (χ0v) is 15.5. The summed E-state index contributed by atoms with van der Waals surface area (Å²) in [6.45, 7) is 5.98. The van der Waals surface area contributed by atoms with Crippen molar-refractivity contribution in [2.45, 2.75) is 6.92 Å². The number of benzene rings is 1. The lowest BCUT2D eigenvalue weighted by Crippen LogP contribution is -2.44. The third-order valence-corrected chi connectivity index (χ3v) is 5.15. The molecule has 0 bridgehead atoms. The van der Waals surface area contributed by atoms with Gasteiger partial charge in [0.05, 0.1) is 0 Å². The van der Waals surface area contributed by atoms with Gasteiger partial charge in [-0.25, -0.2) is 0 Å². The Labute approximate surface area is 150 Å². The summed E-state index contributed by atoms with van der Waals surface area (Å²) in [5.41, 5.74) is 3.33. The Balaban J connectivity index is 1.73. The van der Waals surface area contributed by atoms with Crippen molar-refractivity contribution in [1.29, 1.82) is 0 Å². The summed E-state index contributed by atoms with van der Waals surface area (Å²) >= 11 is 3.46. The van der Waals surface area contributed by atoms with Crippen LogP contribution in [0.1, 0.15) is 16.1 Å². The summed E-state index contributed by atoms with van der Waals surface area (Å²) in [4.78, 5) is 21.3. The van der Waals surface area contributed by atoms with E-state index in [1.807, 2.05) is 37.3 Å². The van der Waals surface area contributed by atoms with E-state index in [0.717, 1.165) is 47.6 Å². The number of carbonyl (C=O) groups is 1. The number of nitrogens with zero attached hydrogens (tertiary/aromatic N) is 3. The topological polar surface area (TPSA) is 48.5 Å². The molecule has 1 aromatic heterocycles. The molecule has 126 valence electrons. The third kappa shape index (κ3) is 3.94. The number of anilines is 2. The van der Waals surface area contributed by atoms with E-state index in [2.05, 4.69) is 43.1 Å². The molecule has 0 radical (unpaired) electrons. The summed E-state index contributed by atoms with van der Waals surface area (Å²) in [5, 5.41) is 2.91. The van der Waals surface area contributed by atoms with Gasteiger partial charge in [0.15, 0.2) is 0 Å². The molecule has 1 aromatic carbocycles. The van der Waals surface area contributed by atoms with E-state index < -0.39 is 0 Å². The minimum Gasteiger partial charge on any atom is -0.369 e. The van der Waals surface area contributed by atoms with Gasteiger partial charge in [-0.3, -0.25) is 9.78 Å². The molecule has 5 nitrogen and oxygen atoms in total. The lowest BCUT2D eigenvalue weighted by atomic mass is 10.2. The number of likely N-dealkylation sites (N-methyl/N-ethyl adjacent to an activating group) is 1. The number of hydrogen-bond donors (Lipinski definition) is 1. The van der Waals surface area contributed by atoms with Gasteiger partial charge in [-0.15, -0.1) is 0 Å². The summed E-state index contributed by atoms with van der Waals surface area (Å²) in [7, 11) is 2.13. The van der Waals surface area contributed by atoms with E-state index >= 15 is 0 Å². The molecule has 1 N–H and O–H groups in total. The first-order chi connectivity index (χ1) is 11.5. The second-order valence-corrected chi connectivity index (χ2v) is 6.96. The van der Waals surface area contributed by atoms with Crippen LogP contribution in [0, 0.1) is 6.92 Å². The van der Waals surface area contributed by atoms with Crippen LogP contribution in [0.25, 0.3) is 0 Å². The maximum Gasteiger partial charge on any atom is 0.274 e. The molecular formula is C18H21BrN4O. The van der Waals surface area contributed by atoms with Crippen molar-refractivity contribution in [1.82, 2.24) is 9.88 Å². The normalized spacial score (nSPS) is 15.4. The molecule has 0 unspecified atom stereocenters. The SMILES string of the molecule is Cc1cc(NC(=O)c2cc(N3CCN(C)CC3)ccn2)ccc1Br. The number of hydrogen-bond acceptors (Lipinski definition) is 4. The van der Waals surface area contributed by atoms with Gasteiger partial charge >= 0.3 is 0 Å². The van der Waals surface area contributed by atoms with E-state index in [1.165, 1.54) is 0 Å². The Kier molecular flexibility index (Phi) is 5.16. The monoisotopic (exact) mass is 388 g/mol. The summed E-state index contributed by atoms with van der Waals surface area (Å²) in [6.07, 6.45) is 1.70. The first-order valence-corrected chi connectivity index (χ1v) is 8.79. The Morgan fingerprint density at radius 2 is 1.92 bits per heavy atom. The standard InChI is InChI=1S/C18H21BrN4O/c1-13-11-14(3-4-16(13)19)21-18(24)17-12-15(5-6-20-17)23-9-7-22(2)8-10-23/h3-6,11-12H,7-10H2,1-2H3,(H,21,24). The van der Waals surface area contributed by atoms with Gasteiger partial charge in [-0.05, 0) is 49.9 Å². The maximum absolute atomic E-state index is 12.5. The van der Waals surface area contributed by atoms with E-state index in [1.54, 1.807) is 6.20 Å². The number of carbonyl (C=O) groups excluding carboxylic acids is 1. The van der Waals surface area contributed by atoms with Gasteiger partial charge in [0.1, 0.15) is 5.69 Å². The number of rotatable bonds is 3. The lowest BCUT2D eigenvalue weighted by molar-refractivity contribution is 0.102. The van der Waals surface area contributed by atoms with Crippen molar-refractivity contribution in [3.63, 3.8) is 0 Å². The smallest absolute Gasteiger partial charge is 0.274 e. The molecule has 1 aliphatic heterocycles. The van der Waals surface area contributed by atoms with Crippen LogP contribution in [-0.2, 0) is 0 Å². The van der Waals surface area contributed by atoms with Crippen LogP contribution in [0.15, 0.2) is 41.0 Å². The van der Waals surface area contributed by atoms with Crippen molar-refractivity contribution in [2.24, 2.45) is 0 Å². The number of aryl methyl sites for hydroxylation is 1. The molecule has 6 heteroatoms. The second-order valence-electron chi connectivity index (χ2n) is 6.11. The quantitative estimate of drug-likeness (QED) is 0.876. The number of pyridine rings is 1. The number of amides is 1. The highest BCUT2D eigenvalue weighted by molar-refractivity contribution is 9.10. The number of aromatic nitrogens is 1. The highest BCUT2D eigenvalue weighted by atomic mass is 79.9. The number of piperazine rings is 1. The Morgan fingerprint density at radius 3 is 2.62 bits per heavy atom. The van der Waals surface area contributed by atoms with Crippen LogP contribution in [0.2, 0.25) is 0 Å². The van der Waals surface area contributed by atoms with Crippen molar-refractivity contribution in [2.75, 3.05) is 43.4 Å². The summed E-state index contributed by atoms with van der Waals surface area (Å²) in [6, 6.07) is 9.57. The van der Waals surface area contributed by atoms with Gasteiger partial charge in [-0.1, -0.05) is 15.9 Å². The van der Waals surface area contributed by atoms with Crippen LogP contribution >= 0.6 is 15.9 Å². The van der Waals surface area contributed by atoms with Crippen LogP contribution in [0.4, 0.5) is 11.4 Å². The zero-order chi connectivity index (χ0) is 17.1. The van der Waals surface area contributed by atoms with Crippen LogP contribution < -0.4 is 10.2 Å². The first-order valence-electron chi connectivity index (χ1n) is 8.00. The Morgan fingerprint density at radius 1 is 1.17 bits per heavy atom. The predicted octanol–water partition coefficient (Wildman–Crippen LogP) is 3.16. The molecule has 2 heterocycles. The molecule has 0 aliphatic carbocycles. The summed E-state index contributed by atoms with van der Waals surface area (Å²) in [5.74, 6) is -0.187. The van der Waals surface area contributed by atoms with E-state index in [9.17, 15) is 4.79 Å². The summed E-state index contributed by atoms with van der Waals surface area (Å²) < 4.78 is 1.02. The maximum atomic E-state index is 12.5. The highest BCUT2D eigenvalue weighted by Gasteiger charge is 2.16. The average molecular weight is 389 g/mol. The fraction of sp³-hybridized carbons (Fsp3) is 0.333. The fourth-order valence-corrected chi connectivity index (χ4v) is 2.97. The highest BCUT2D eigenvalue weighted by Crippen LogP contribution is 2.21. The van der Waals surface area contributed by atoms with Crippen molar-refractivity contribution < 1.29 is 4.79 Å². The molecular weight excluding hydrogens is 368 g/mol. The number of nitrogens with one attached hydrogen (secondary N) is 1. The first kappa shape index (κ1) is 16.9. The van der Waals surface area contributed by atoms with Gasteiger partial charge in [-0.2, -0.15) is 0 Å². The van der Waals surface area contributed by atoms with Gasteiger partial charge in [0.25, 0.3) is 5.91 Å². The molecule has 2 aromatic rings. The molecule has 0 spiro atoms. The number of halogens is 1. The molecule has 1 aliphatic rings. The predicted molar refractivity (Wildman–Crippen MR) is 101 cm³/mol. The molecule has 1 amide bonds. The second kappa shape index (κ2) is 7.32. The largest absolute Gasteiger partial charge is 0.369 e. The van der Waals surface area contributed by atoms with Gasteiger partial charge in [0.2, 0.25) is 0 Å². The van der Waals surface area contributed by atoms with Crippen LogP contribution in [-0.4, -0.2) is 49.0 Å². The average Bonchev–Trinajstić information content (AvgIpc) is 2.59. The molecule has 0 atom stereocenters. The van der Waals surface area contributed by atoms with Gasteiger partial charge < -0.3 is 15.1 Å². The van der Waals surface area contributed by atoms with Crippen LogP contribution in [0.3, 0.4) is 0 Å². The minimum atomic E-state index is -0.187.